The van der Waals surface area contributed by atoms with Crippen molar-refractivity contribution in [2.45, 2.75) is 0 Å². The second-order valence-electron chi connectivity index (χ2n) is 8.71. The van der Waals surface area contributed by atoms with Crippen molar-refractivity contribution < 1.29 is 13.6 Å². The number of anilines is 2. The number of fused-ring (bicyclic) bond motifs is 2. The molecule has 2 aliphatic rings. The third kappa shape index (κ3) is 3.12. The Morgan fingerprint density at radius 2 is 1.94 bits per heavy atom. The molecule has 2 aromatic heterocycles. The van der Waals surface area contributed by atoms with Gasteiger partial charge in [0.2, 0.25) is 5.91 Å². The molecular formula is C22H16Cl2F2N6OS. The zero-order valence-corrected chi connectivity index (χ0v) is 19.8. The van der Waals surface area contributed by atoms with Crippen LogP contribution in [0.15, 0.2) is 24.5 Å². The van der Waals surface area contributed by atoms with Gasteiger partial charge in [0, 0.05) is 48.1 Å². The lowest BCUT2D eigenvalue weighted by atomic mass is 9.72. The number of hydrogen-bond acceptors (Lipinski definition) is 7. The van der Waals surface area contributed by atoms with E-state index in [4.69, 9.17) is 28.9 Å². The first-order valence-corrected chi connectivity index (χ1v) is 12.1. The maximum atomic E-state index is 15.8. The number of likely N-dealkylation sites (tertiary alicyclic amines) is 1. The van der Waals surface area contributed by atoms with Gasteiger partial charge in [0.25, 0.3) is 0 Å². The lowest BCUT2D eigenvalue weighted by Crippen LogP contribution is -2.73. The molecule has 7 nitrogen and oxygen atoms in total. The van der Waals surface area contributed by atoms with E-state index >= 15 is 4.39 Å². The highest BCUT2D eigenvalue weighted by atomic mass is 35.5. The van der Waals surface area contributed by atoms with E-state index in [9.17, 15) is 9.18 Å². The molecule has 0 saturated carbocycles. The summed E-state index contributed by atoms with van der Waals surface area (Å²) in [7, 11) is 0. The summed E-state index contributed by atoms with van der Waals surface area (Å²) in [6.07, 6.45) is 1.31. The molecular weight excluding hydrogens is 505 g/mol. The van der Waals surface area contributed by atoms with E-state index in [0.29, 0.717) is 42.9 Å². The lowest BCUT2D eigenvalue weighted by molar-refractivity contribution is -0.142. The molecule has 2 aliphatic heterocycles. The molecule has 1 spiro atoms. The summed E-state index contributed by atoms with van der Waals surface area (Å²) in [5, 5.41) is 0.795. The zero-order chi connectivity index (χ0) is 23.8. The Morgan fingerprint density at radius 1 is 1.18 bits per heavy atom. The van der Waals surface area contributed by atoms with Crippen LogP contribution in [0.4, 0.5) is 19.7 Å². The number of benzene rings is 2. The van der Waals surface area contributed by atoms with Crippen molar-refractivity contribution in [3.05, 3.63) is 41.2 Å². The number of carbonyl (C=O) groups excluding carboxylic acids is 1. The number of carbonyl (C=O) groups is 1. The Bertz CT molecular complexity index is 1500. The van der Waals surface area contributed by atoms with Gasteiger partial charge in [-0.2, -0.15) is 0 Å². The second kappa shape index (κ2) is 7.59. The Morgan fingerprint density at radius 3 is 2.68 bits per heavy atom. The molecule has 0 aliphatic carbocycles. The predicted molar refractivity (Wildman–Crippen MR) is 129 cm³/mol. The molecule has 2 N–H and O–H groups in total. The smallest absolute Gasteiger partial charge is 0.237 e. The summed E-state index contributed by atoms with van der Waals surface area (Å²) in [5.74, 6) is -0.638. The van der Waals surface area contributed by atoms with Crippen molar-refractivity contribution in [1.82, 2.24) is 19.9 Å². The normalized spacial score (nSPS) is 16.8. The summed E-state index contributed by atoms with van der Waals surface area (Å²) >= 11 is 13.2. The van der Waals surface area contributed by atoms with E-state index in [-0.39, 0.29) is 48.7 Å². The van der Waals surface area contributed by atoms with Gasteiger partial charge in [-0.05, 0) is 18.2 Å². The summed E-state index contributed by atoms with van der Waals surface area (Å²) < 4.78 is 30.3. The number of nitrogens with two attached hydrogens (primary N) is 1. The van der Waals surface area contributed by atoms with E-state index in [0.717, 1.165) is 11.3 Å². The molecule has 0 bridgehead atoms. The van der Waals surface area contributed by atoms with Crippen LogP contribution in [-0.2, 0) is 4.79 Å². The molecule has 2 fully saturated rings. The van der Waals surface area contributed by atoms with Gasteiger partial charge >= 0.3 is 0 Å². The van der Waals surface area contributed by atoms with Crippen molar-refractivity contribution >= 4 is 72.5 Å². The summed E-state index contributed by atoms with van der Waals surface area (Å²) in [5.41, 5.74) is 6.58. The summed E-state index contributed by atoms with van der Waals surface area (Å²) in [4.78, 5) is 28.3. The molecule has 2 saturated heterocycles. The van der Waals surface area contributed by atoms with Crippen LogP contribution in [0.25, 0.3) is 32.2 Å². The van der Waals surface area contributed by atoms with Crippen molar-refractivity contribution in [3.8, 4) is 11.1 Å². The molecule has 174 valence electrons. The number of thiazole rings is 1. The first-order valence-electron chi connectivity index (χ1n) is 10.4. The first kappa shape index (κ1) is 21.7. The maximum Gasteiger partial charge on any atom is 0.237 e. The van der Waals surface area contributed by atoms with Gasteiger partial charge in [0.1, 0.15) is 29.4 Å². The SMILES string of the molecule is Nc1nc2c(-c3c(Cl)cc4c(N5CC6(CN(C(=O)CCl)C6)C5)ncnc4c3F)ccc(F)c2s1. The van der Waals surface area contributed by atoms with Crippen LogP contribution < -0.4 is 10.6 Å². The van der Waals surface area contributed by atoms with Gasteiger partial charge in [-0.3, -0.25) is 4.79 Å². The minimum atomic E-state index is -0.636. The Kier molecular flexibility index (Phi) is 4.84. The van der Waals surface area contributed by atoms with Gasteiger partial charge in [0.05, 0.1) is 15.2 Å². The number of hydrogen-bond donors (Lipinski definition) is 1. The van der Waals surface area contributed by atoms with Crippen LogP contribution in [0.2, 0.25) is 5.02 Å². The van der Waals surface area contributed by atoms with Crippen molar-refractivity contribution in [3.63, 3.8) is 0 Å². The van der Waals surface area contributed by atoms with Crippen molar-refractivity contribution in [1.29, 1.82) is 0 Å². The Labute approximate surface area is 206 Å². The van der Waals surface area contributed by atoms with Crippen LogP contribution in [0, 0.1) is 17.0 Å². The number of nitrogens with zero attached hydrogens (tertiary/aromatic N) is 5. The monoisotopic (exact) mass is 520 g/mol. The standard InChI is InChI=1S/C22H16Cl2F2N6OS/c23-4-14(33)31-5-22(6-31)7-32(8-22)20-11-3-12(24)15(16(26)17(11)28-9-29-20)10-1-2-13(25)19-18(10)30-21(27)34-19/h1-3,9H,4-8H2,(H2,27,30). The number of aromatic nitrogens is 3. The third-order valence-electron chi connectivity index (χ3n) is 6.45. The fourth-order valence-corrected chi connectivity index (χ4v) is 6.17. The molecule has 0 atom stereocenters. The number of alkyl halides is 1. The van der Waals surface area contributed by atoms with E-state index in [1.165, 1.54) is 18.5 Å². The maximum absolute atomic E-state index is 15.8. The molecule has 34 heavy (non-hydrogen) atoms. The van der Waals surface area contributed by atoms with Gasteiger partial charge in [-0.15, -0.1) is 11.6 Å². The van der Waals surface area contributed by atoms with Crippen LogP contribution in [0.5, 0.6) is 0 Å². The number of nitrogen functional groups attached to an aromatic ring is 1. The summed E-state index contributed by atoms with van der Waals surface area (Å²) in [6, 6.07) is 4.32. The predicted octanol–water partition coefficient (Wildman–Crippen LogP) is 4.31. The fraction of sp³-hybridized carbons (Fsp3) is 0.273. The second-order valence-corrected chi connectivity index (χ2v) is 10.4. The van der Waals surface area contributed by atoms with Gasteiger partial charge in [0.15, 0.2) is 10.9 Å². The van der Waals surface area contributed by atoms with E-state index in [2.05, 4.69) is 15.0 Å². The molecule has 2 aromatic carbocycles. The van der Waals surface area contributed by atoms with Crippen molar-refractivity contribution in [2.75, 3.05) is 42.7 Å². The topological polar surface area (TPSA) is 88.2 Å². The average molecular weight is 521 g/mol. The van der Waals surface area contributed by atoms with Crippen molar-refractivity contribution in [2.24, 2.45) is 5.41 Å². The zero-order valence-electron chi connectivity index (χ0n) is 17.5. The largest absolute Gasteiger partial charge is 0.375 e. The molecule has 12 heteroatoms. The number of rotatable bonds is 3. The average Bonchev–Trinajstić information content (AvgIpc) is 3.16. The minimum Gasteiger partial charge on any atom is -0.375 e. The van der Waals surface area contributed by atoms with Gasteiger partial charge in [-0.1, -0.05) is 22.9 Å². The fourth-order valence-electron chi connectivity index (χ4n) is 4.95. The van der Waals surface area contributed by atoms with Gasteiger partial charge < -0.3 is 15.5 Å². The van der Waals surface area contributed by atoms with Crippen LogP contribution in [0.1, 0.15) is 0 Å². The highest BCUT2D eigenvalue weighted by molar-refractivity contribution is 7.22. The minimum absolute atomic E-state index is 0.00550. The molecule has 0 radical (unpaired) electrons. The summed E-state index contributed by atoms with van der Waals surface area (Å²) in [6.45, 7) is 2.66. The highest BCUT2D eigenvalue weighted by Crippen LogP contribution is 2.45. The Balaban J connectivity index is 1.38. The quantitative estimate of drug-likeness (QED) is 0.405. The van der Waals surface area contributed by atoms with E-state index in [1.54, 1.807) is 11.0 Å². The van der Waals surface area contributed by atoms with Gasteiger partial charge in [-0.25, -0.2) is 23.7 Å². The highest BCUT2D eigenvalue weighted by Gasteiger charge is 2.53. The molecule has 0 unspecified atom stereocenters. The third-order valence-corrected chi connectivity index (χ3v) is 7.87. The van der Waals surface area contributed by atoms with Crippen LogP contribution >= 0.6 is 34.5 Å². The molecule has 4 heterocycles. The molecule has 4 aromatic rings. The number of amides is 1. The van der Waals surface area contributed by atoms with Crippen LogP contribution in [-0.4, -0.2) is 57.8 Å². The lowest BCUT2D eigenvalue weighted by Gasteiger charge is -2.60. The first-order chi connectivity index (χ1) is 16.3. The van der Waals surface area contributed by atoms with E-state index in [1.807, 2.05) is 4.90 Å². The van der Waals surface area contributed by atoms with E-state index < -0.39 is 11.6 Å². The van der Waals surface area contributed by atoms with Crippen LogP contribution in [0.3, 0.4) is 0 Å². The number of halogens is 4. The molecule has 1 amide bonds. The Hall–Kier alpha value is -2.82. The molecule has 6 rings (SSSR count).